The van der Waals surface area contributed by atoms with Gasteiger partial charge in [0.2, 0.25) is 0 Å². The summed E-state index contributed by atoms with van der Waals surface area (Å²) in [4.78, 5) is 23.5. The third kappa shape index (κ3) is 2.22. The SMILES string of the molecule is C=C1C(=O)O[C@H]2[C@H]1[C@@H](O)[C@@H](OC(C)=O)[C@@](C)(O)[C@H]1[C@@H]2C(C)=C[C@H]1O. The lowest BCUT2D eigenvalue weighted by atomic mass is 9.74. The van der Waals surface area contributed by atoms with Crippen LogP contribution in [0.3, 0.4) is 0 Å². The average Bonchev–Trinajstić information content (AvgIpc) is 2.89. The highest BCUT2D eigenvalue weighted by Crippen LogP contribution is 2.52. The van der Waals surface area contributed by atoms with Crippen LogP contribution in [0.15, 0.2) is 23.8 Å². The minimum absolute atomic E-state index is 0.0790. The molecule has 0 spiro atoms. The Labute approximate surface area is 139 Å². The summed E-state index contributed by atoms with van der Waals surface area (Å²) < 4.78 is 10.6. The predicted molar refractivity (Wildman–Crippen MR) is 81.4 cm³/mol. The zero-order valence-corrected chi connectivity index (χ0v) is 13.8. The average molecular weight is 338 g/mol. The lowest BCUT2D eigenvalue weighted by molar-refractivity contribution is -0.192. The van der Waals surface area contributed by atoms with Gasteiger partial charge in [-0.2, -0.15) is 0 Å². The van der Waals surface area contributed by atoms with Crippen molar-refractivity contribution in [1.82, 2.24) is 0 Å². The molecule has 3 N–H and O–H groups in total. The summed E-state index contributed by atoms with van der Waals surface area (Å²) in [6.07, 6.45) is -2.89. The van der Waals surface area contributed by atoms with E-state index in [1.54, 1.807) is 13.0 Å². The molecule has 0 radical (unpaired) electrons. The highest BCUT2D eigenvalue weighted by molar-refractivity contribution is 5.91. The second kappa shape index (κ2) is 5.40. The van der Waals surface area contributed by atoms with E-state index in [1.807, 2.05) is 0 Å². The number of aliphatic hydroxyl groups is 3. The van der Waals surface area contributed by atoms with Crippen LogP contribution in [0.1, 0.15) is 20.8 Å². The third-order valence-corrected chi connectivity index (χ3v) is 5.55. The number of ether oxygens (including phenoxy) is 2. The van der Waals surface area contributed by atoms with Gasteiger partial charge in [0.1, 0.15) is 17.8 Å². The molecule has 0 unspecified atom stereocenters. The van der Waals surface area contributed by atoms with Gasteiger partial charge < -0.3 is 24.8 Å². The summed E-state index contributed by atoms with van der Waals surface area (Å²) in [5.74, 6) is -3.41. The Hall–Kier alpha value is -1.70. The largest absolute Gasteiger partial charge is 0.458 e. The molecule has 0 amide bonds. The van der Waals surface area contributed by atoms with Crippen LogP contribution < -0.4 is 0 Å². The third-order valence-electron chi connectivity index (χ3n) is 5.55. The van der Waals surface area contributed by atoms with E-state index in [0.29, 0.717) is 0 Å². The minimum atomic E-state index is -1.72. The molecule has 24 heavy (non-hydrogen) atoms. The van der Waals surface area contributed by atoms with E-state index in [1.165, 1.54) is 13.8 Å². The number of carbonyl (C=O) groups excluding carboxylic acids is 2. The minimum Gasteiger partial charge on any atom is -0.458 e. The number of hydrogen-bond donors (Lipinski definition) is 3. The lowest BCUT2D eigenvalue weighted by Gasteiger charge is -2.40. The molecule has 1 saturated carbocycles. The molecule has 1 saturated heterocycles. The van der Waals surface area contributed by atoms with E-state index < -0.39 is 59.7 Å². The molecule has 132 valence electrons. The maximum atomic E-state index is 12.0. The smallest absolute Gasteiger partial charge is 0.334 e. The maximum absolute atomic E-state index is 12.0. The van der Waals surface area contributed by atoms with Gasteiger partial charge in [-0.15, -0.1) is 0 Å². The first kappa shape index (κ1) is 17.1. The fourth-order valence-corrected chi connectivity index (χ4v) is 4.55. The molecular formula is C17H22O7. The zero-order chi connectivity index (χ0) is 18.0. The number of esters is 2. The van der Waals surface area contributed by atoms with Crippen molar-refractivity contribution >= 4 is 11.9 Å². The van der Waals surface area contributed by atoms with Gasteiger partial charge in [0.15, 0.2) is 6.10 Å². The molecule has 3 rings (SSSR count). The maximum Gasteiger partial charge on any atom is 0.334 e. The summed E-state index contributed by atoms with van der Waals surface area (Å²) in [6.45, 7) is 8.05. The van der Waals surface area contributed by atoms with E-state index in [9.17, 15) is 24.9 Å². The highest BCUT2D eigenvalue weighted by Gasteiger charge is 2.64. The summed E-state index contributed by atoms with van der Waals surface area (Å²) in [6, 6.07) is 0. The Kier molecular flexibility index (Phi) is 3.86. The normalized spacial score (nSPS) is 47.4. The monoisotopic (exact) mass is 338 g/mol. The van der Waals surface area contributed by atoms with Crippen LogP contribution in [0.25, 0.3) is 0 Å². The van der Waals surface area contributed by atoms with Crippen LogP contribution in [0.5, 0.6) is 0 Å². The molecule has 7 heteroatoms. The molecule has 0 aromatic carbocycles. The Morgan fingerprint density at radius 3 is 2.58 bits per heavy atom. The summed E-state index contributed by atoms with van der Waals surface area (Å²) >= 11 is 0. The van der Waals surface area contributed by atoms with Crippen LogP contribution in [0.2, 0.25) is 0 Å². The van der Waals surface area contributed by atoms with Crippen LogP contribution in [0.4, 0.5) is 0 Å². The second-order valence-electron chi connectivity index (χ2n) is 7.12. The van der Waals surface area contributed by atoms with Crippen molar-refractivity contribution in [1.29, 1.82) is 0 Å². The molecule has 3 aliphatic rings. The standard InChI is InChI=1S/C17H22O7/c1-6-5-9(19)12-10(6)14-11(7(2)16(21)24-14)13(20)15(17(12,4)22)23-8(3)18/h5,9-15,19-20,22H,2H2,1,3-4H3/t9-,10+,11-,12-,13-,14-,15-,17+/m1/s1. The molecule has 0 aromatic heterocycles. The van der Waals surface area contributed by atoms with Gasteiger partial charge in [-0.1, -0.05) is 18.2 Å². The molecular weight excluding hydrogens is 316 g/mol. The molecule has 0 bridgehead atoms. The first-order chi connectivity index (χ1) is 11.1. The molecule has 1 heterocycles. The fraction of sp³-hybridized carbons (Fsp3) is 0.647. The van der Waals surface area contributed by atoms with Gasteiger partial charge in [0.25, 0.3) is 0 Å². The molecule has 2 aliphatic carbocycles. The van der Waals surface area contributed by atoms with Crippen molar-refractivity contribution < 1.29 is 34.4 Å². The summed E-state index contributed by atoms with van der Waals surface area (Å²) in [7, 11) is 0. The Balaban J connectivity index is 2.15. The predicted octanol–water partition coefficient (Wildman–Crippen LogP) is -0.305. The van der Waals surface area contributed by atoms with Crippen molar-refractivity contribution in [3.63, 3.8) is 0 Å². The molecule has 7 nitrogen and oxygen atoms in total. The van der Waals surface area contributed by atoms with Crippen molar-refractivity contribution in [3.05, 3.63) is 23.8 Å². The first-order valence-electron chi connectivity index (χ1n) is 7.91. The van der Waals surface area contributed by atoms with Gasteiger partial charge in [-0.05, 0) is 13.8 Å². The number of rotatable bonds is 1. The Morgan fingerprint density at radius 1 is 1.38 bits per heavy atom. The second-order valence-corrected chi connectivity index (χ2v) is 7.12. The van der Waals surface area contributed by atoms with Gasteiger partial charge in [0.05, 0.1) is 12.0 Å². The van der Waals surface area contributed by atoms with Crippen molar-refractivity contribution in [3.8, 4) is 0 Å². The van der Waals surface area contributed by atoms with Crippen LogP contribution >= 0.6 is 0 Å². The van der Waals surface area contributed by atoms with Gasteiger partial charge in [0, 0.05) is 24.3 Å². The highest BCUT2D eigenvalue weighted by atomic mass is 16.6. The summed E-state index contributed by atoms with van der Waals surface area (Å²) in [5.41, 5.74) is -0.892. The van der Waals surface area contributed by atoms with E-state index in [-0.39, 0.29) is 5.57 Å². The van der Waals surface area contributed by atoms with Crippen molar-refractivity contribution in [2.75, 3.05) is 0 Å². The Morgan fingerprint density at radius 2 is 2.00 bits per heavy atom. The Bertz CT molecular complexity index is 635. The van der Waals surface area contributed by atoms with Crippen molar-refractivity contribution in [2.45, 2.75) is 50.8 Å². The van der Waals surface area contributed by atoms with Crippen molar-refractivity contribution in [2.24, 2.45) is 17.8 Å². The van der Waals surface area contributed by atoms with Gasteiger partial charge in [-0.3, -0.25) is 4.79 Å². The number of hydrogen-bond acceptors (Lipinski definition) is 7. The lowest BCUT2D eigenvalue weighted by Crippen LogP contribution is -2.56. The first-order valence-corrected chi connectivity index (χ1v) is 7.91. The molecule has 0 aromatic rings. The zero-order valence-electron chi connectivity index (χ0n) is 13.8. The number of carbonyl (C=O) groups is 2. The van der Waals surface area contributed by atoms with Crippen LogP contribution in [-0.4, -0.2) is 57.3 Å². The molecule has 2 fully saturated rings. The van der Waals surface area contributed by atoms with E-state index in [4.69, 9.17) is 9.47 Å². The van der Waals surface area contributed by atoms with E-state index in [2.05, 4.69) is 6.58 Å². The fourth-order valence-electron chi connectivity index (χ4n) is 4.55. The van der Waals surface area contributed by atoms with Crippen LogP contribution in [0, 0.1) is 17.8 Å². The number of fused-ring (bicyclic) bond motifs is 3. The van der Waals surface area contributed by atoms with Gasteiger partial charge >= 0.3 is 11.9 Å². The quantitative estimate of drug-likeness (QED) is 0.341. The van der Waals surface area contributed by atoms with E-state index >= 15 is 0 Å². The van der Waals surface area contributed by atoms with E-state index in [0.717, 1.165) is 5.57 Å². The molecule has 8 atom stereocenters. The van der Waals surface area contributed by atoms with Crippen LogP contribution in [-0.2, 0) is 19.1 Å². The topological polar surface area (TPSA) is 113 Å². The molecule has 1 aliphatic heterocycles. The number of aliphatic hydroxyl groups excluding tert-OH is 2. The summed E-state index contributed by atoms with van der Waals surface area (Å²) in [5, 5.41) is 32.3. The van der Waals surface area contributed by atoms with Gasteiger partial charge in [-0.25, -0.2) is 4.79 Å².